The van der Waals surface area contributed by atoms with Crippen LogP contribution < -0.4 is 0 Å². The molecule has 0 saturated heterocycles. The number of hydrogen-bond donors (Lipinski definition) is 0. The van der Waals surface area contributed by atoms with Gasteiger partial charge in [-0.2, -0.15) is 0 Å². The van der Waals surface area contributed by atoms with Gasteiger partial charge >= 0.3 is 0 Å². The summed E-state index contributed by atoms with van der Waals surface area (Å²) in [5.74, 6) is -0.437. The van der Waals surface area contributed by atoms with Gasteiger partial charge in [-0.3, -0.25) is 0 Å². The largest absolute Gasteiger partial charge is 0.300 e. The van der Waals surface area contributed by atoms with Crippen molar-refractivity contribution in [3.63, 3.8) is 0 Å². The maximum Gasteiger partial charge on any atom is 0.141 e. The predicted molar refractivity (Wildman–Crippen MR) is 73.3 cm³/mol. The molecular formula is C14H8Cl2FN. The van der Waals surface area contributed by atoms with E-state index in [0.29, 0.717) is 5.15 Å². The summed E-state index contributed by atoms with van der Waals surface area (Å²) < 4.78 is 15.0. The third kappa shape index (κ3) is 1.78. The summed E-state index contributed by atoms with van der Waals surface area (Å²) in [5, 5.41) is 1.68. The van der Waals surface area contributed by atoms with E-state index in [-0.39, 0.29) is 5.02 Å². The number of halogens is 3. The lowest BCUT2D eigenvalue weighted by molar-refractivity contribution is 0.628. The van der Waals surface area contributed by atoms with Crippen LogP contribution in [0.25, 0.3) is 16.6 Å². The van der Waals surface area contributed by atoms with Crippen LogP contribution in [-0.4, -0.2) is 4.57 Å². The Kier molecular flexibility index (Phi) is 2.77. The van der Waals surface area contributed by atoms with Crippen molar-refractivity contribution in [2.75, 3.05) is 0 Å². The first-order valence-electron chi connectivity index (χ1n) is 5.38. The molecule has 0 aliphatic carbocycles. The minimum Gasteiger partial charge on any atom is -0.300 e. The fourth-order valence-corrected chi connectivity index (χ4v) is 2.49. The number of fused-ring (bicyclic) bond motifs is 1. The van der Waals surface area contributed by atoms with Gasteiger partial charge in [-0.15, -0.1) is 0 Å². The van der Waals surface area contributed by atoms with Gasteiger partial charge in [-0.05, 0) is 30.3 Å². The molecule has 0 atom stereocenters. The topological polar surface area (TPSA) is 4.93 Å². The van der Waals surface area contributed by atoms with Gasteiger partial charge in [0, 0.05) is 11.1 Å². The lowest BCUT2D eigenvalue weighted by Crippen LogP contribution is -1.94. The van der Waals surface area contributed by atoms with E-state index in [0.717, 1.165) is 16.6 Å². The summed E-state index contributed by atoms with van der Waals surface area (Å²) in [5.41, 5.74) is 1.71. The van der Waals surface area contributed by atoms with Crippen LogP contribution in [0.15, 0.2) is 48.5 Å². The lowest BCUT2D eigenvalue weighted by Gasteiger charge is -2.08. The second-order valence-electron chi connectivity index (χ2n) is 3.96. The van der Waals surface area contributed by atoms with Gasteiger partial charge in [0.1, 0.15) is 11.0 Å². The highest BCUT2D eigenvalue weighted by Crippen LogP contribution is 2.29. The number of hydrogen-bond acceptors (Lipinski definition) is 0. The molecule has 0 fully saturated rings. The Hall–Kier alpha value is -1.51. The van der Waals surface area contributed by atoms with E-state index < -0.39 is 5.82 Å². The van der Waals surface area contributed by atoms with Crippen LogP contribution in [-0.2, 0) is 0 Å². The van der Waals surface area contributed by atoms with Crippen LogP contribution in [0.2, 0.25) is 10.2 Å². The molecule has 0 aliphatic heterocycles. The van der Waals surface area contributed by atoms with Gasteiger partial charge in [-0.25, -0.2) is 4.39 Å². The minimum absolute atomic E-state index is 0.0846. The molecule has 18 heavy (non-hydrogen) atoms. The van der Waals surface area contributed by atoms with Gasteiger partial charge in [0.15, 0.2) is 0 Å². The normalized spacial score (nSPS) is 11.1. The lowest BCUT2D eigenvalue weighted by atomic mass is 10.2. The summed E-state index contributed by atoms with van der Waals surface area (Å²) in [7, 11) is 0. The van der Waals surface area contributed by atoms with E-state index in [1.165, 1.54) is 6.07 Å². The Labute approximate surface area is 113 Å². The predicted octanol–water partition coefficient (Wildman–Crippen LogP) is 5.08. The Morgan fingerprint density at radius 1 is 0.944 bits per heavy atom. The Balaban J connectivity index is 2.30. The SMILES string of the molecule is Fc1ccc(-n2c(Cl)cc3ccccc32)cc1Cl. The van der Waals surface area contributed by atoms with Crippen molar-refractivity contribution in [1.29, 1.82) is 0 Å². The second kappa shape index (κ2) is 4.30. The first-order chi connectivity index (χ1) is 8.66. The highest BCUT2D eigenvalue weighted by Gasteiger charge is 2.10. The first kappa shape index (κ1) is 11.6. The first-order valence-corrected chi connectivity index (χ1v) is 6.14. The van der Waals surface area contributed by atoms with Crippen molar-refractivity contribution in [3.05, 3.63) is 64.5 Å². The molecule has 0 aliphatic rings. The maximum atomic E-state index is 13.2. The van der Waals surface area contributed by atoms with Crippen molar-refractivity contribution < 1.29 is 4.39 Å². The fraction of sp³-hybridized carbons (Fsp3) is 0. The van der Waals surface area contributed by atoms with Crippen LogP contribution in [0.4, 0.5) is 4.39 Å². The molecule has 3 aromatic rings. The van der Waals surface area contributed by atoms with Crippen LogP contribution in [0, 0.1) is 5.82 Å². The summed E-state index contributed by atoms with van der Waals surface area (Å²) in [6, 6.07) is 14.2. The molecule has 0 amide bonds. The van der Waals surface area contributed by atoms with Crippen molar-refractivity contribution in [2.24, 2.45) is 0 Å². The van der Waals surface area contributed by atoms with E-state index >= 15 is 0 Å². The van der Waals surface area contributed by atoms with E-state index in [9.17, 15) is 4.39 Å². The fourth-order valence-electron chi connectivity index (χ4n) is 2.01. The van der Waals surface area contributed by atoms with Crippen LogP contribution in [0.5, 0.6) is 0 Å². The van der Waals surface area contributed by atoms with Gasteiger partial charge < -0.3 is 4.57 Å². The molecule has 0 N–H and O–H groups in total. The quantitative estimate of drug-likeness (QED) is 0.586. The Morgan fingerprint density at radius 2 is 1.72 bits per heavy atom. The van der Waals surface area contributed by atoms with Crippen molar-refractivity contribution in [3.8, 4) is 5.69 Å². The van der Waals surface area contributed by atoms with Crippen molar-refractivity contribution in [2.45, 2.75) is 0 Å². The molecule has 0 saturated carbocycles. The zero-order valence-corrected chi connectivity index (χ0v) is 10.7. The van der Waals surface area contributed by atoms with Crippen LogP contribution >= 0.6 is 23.2 Å². The Bertz CT molecular complexity index is 734. The molecule has 0 unspecified atom stereocenters. The zero-order valence-electron chi connectivity index (χ0n) is 9.20. The summed E-state index contributed by atoms with van der Waals surface area (Å²) in [6.45, 7) is 0. The summed E-state index contributed by atoms with van der Waals surface area (Å²) in [4.78, 5) is 0. The smallest absolute Gasteiger partial charge is 0.141 e. The van der Waals surface area contributed by atoms with Crippen LogP contribution in [0.1, 0.15) is 0 Å². The van der Waals surface area contributed by atoms with Gasteiger partial charge in [0.2, 0.25) is 0 Å². The number of benzene rings is 2. The molecule has 0 radical (unpaired) electrons. The molecule has 0 bridgehead atoms. The highest BCUT2D eigenvalue weighted by molar-refractivity contribution is 6.32. The molecule has 1 heterocycles. The average Bonchev–Trinajstić information content (AvgIpc) is 2.69. The molecule has 4 heteroatoms. The zero-order chi connectivity index (χ0) is 12.7. The van der Waals surface area contributed by atoms with E-state index in [4.69, 9.17) is 23.2 Å². The molecule has 0 spiro atoms. The van der Waals surface area contributed by atoms with Gasteiger partial charge in [0.25, 0.3) is 0 Å². The highest BCUT2D eigenvalue weighted by atomic mass is 35.5. The second-order valence-corrected chi connectivity index (χ2v) is 4.75. The number of rotatable bonds is 1. The molecule has 2 aromatic carbocycles. The summed E-state index contributed by atoms with van der Waals surface area (Å²) in [6.07, 6.45) is 0. The molecule has 90 valence electrons. The number of aromatic nitrogens is 1. The third-order valence-corrected chi connectivity index (χ3v) is 3.40. The minimum atomic E-state index is -0.437. The molecule has 1 aromatic heterocycles. The van der Waals surface area contributed by atoms with E-state index in [1.807, 2.05) is 34.9 Å². The van der Waals surface area contributed by atoms with Crippen LogP contribution in [0.3, 0.4) is 0 Å². The standard InChI is InChI=1S/C14H8Cl2FN/c15-11-8-10(5-6-12(11)17)18-13-4-2-1-3-9(13)7-14(18)16/h1-8H. The summed E-state index contributed by atoms with van der Waals surface area (Å²) >= 11 is 12.0. The van der Waals surface area contributed by atoms with Gasteiger partial charge in [-0.1, -0.05) is 41.4 Å². The maximum absolute atomic E-state index is 13.2. The van der Waals surface area contributed by atoms with Gasteiger partial charge in [0.05, 0.1) is 10.5 Å². The van der Waals surface area contributed by atoms with Crippen molar-refractivity contribution >= 4 is 34.1 Å². The van der Waals surface area contributed by atoms with E-state index in [2.05, 4.69) is 0 Å². The Morgan fingerprint density at radius 3 is 2.50 bits per heavy atom. The molecule has 1 nitrogen and oxygen atoms in total. The molecule has 3 rings (SSSR count). The monoisotopic (exact) mass is 279 g/mol. The van der Waals surface area contributed by atoms with E-state index in [1.54, 1.807) is 12.1 Å². The van der Waals surface area contributed by atoms with Crippen molar-refractivity contribution in [1.82, 2.24) is 4.57 Å². The third-order valence-electron chi connectivity index (χ3n) is 2.83. The number of para-hydroxylation sites is 1. The number of nitrogens with zero attached hydrogens (tertiary/aromatic N) is 1. The average molecular weight is 280 g/mol. The molecular weight excluding hydrogens is 272 g/mol.